The highest BCUT2D eigenvalue weighted by atomic mass is 35.5. The number of fused-ring (bicyclic) bond motifs is 1. The molecular weight excluding hydrogens is 387 g/mol. The number of hydrogen-bond acceptors (Lipinski definition) is 5. The fourth-order valence-electron chi connectivity index (χ4n) is 2.48. The second kappa shape index (κ2) is 9.01. The number of rotatable bonds is 8. The van der Waals surface area contributed by atoms with Crippen molar-refractivity contribution in [1.29, 1.82) is 0 Å². The largest absolute Gasteiger partial charge is 0.433 e. The van der Waals surface area contributed by atoms with Crippen LogP contribution in [-0.4, -0.2) is 30.0 Å². The predicted molar refractivity (Wildman–Crippen MR) is 104 cm³/mol. The van der Waals surface area contributed by atoms with E-state index in [-0.39, 0.29) is 18.1 Å². The number of pyridine rings is 1. The molecule has 0 aliphatic heterocycles. The molecule has 144 valence electrons. The van der Waals surface area contributed by atoms with E-state index in [4.69, 9.17) is 22.5 Å². The summed E-state index contributed by atoms with van der Waals surface area (Å²) >= 11 is 6.00. The Balaban J connectivity index is 2.27. The molecule has 2 aromatic rings. The number of hydrogen-bond donors (Lipinski definition) is 4. The Labute approximate surface area is 157 Å². The summed E-state index contributed by atoms with van der Waals surface area (Å²) in [6.07, 6.45) is -3.13. The van der Waals surface area contributed by atoms with Crippen LogP contribution in [0.25, 0.3) is 10.9 Å². The van der Waals surface area contributed by atoms with Crippen molar-refractivity contribution >= 4 is 44.9 Å². The van der Waals surface area contributed by atoms with Crippen LogP contribution in [-0.2, 0) is 6.18 Å². The van der Waals surface area contributed by atoms with Crippen LogP contribution in [0.2, 0.25) is 5.02 Å². The molecule has 5 nitrogen and oxygen atoms in total. The lowest BCUT2D eigenvalue weighted by molar-refractivity contribution is -0.140. The molecule has 2 unspecified atom stereocenters. The van der Waals surface area contributed by atoms with E-state index in [1.807, 2.05) is 0 Å². The maximum Gasteiger partial charge on any atom is 0.433 e. The quantitative estimate of drug-likeness (QED) is 0.397. The minimum absolute atomic E-state index is 0.202. The van der Waals surface area contributed by atoms with Crippen LogP contribution < -0.4 is 20.9 Å². The predicted octanol–water partition coefficient (Wildman–Crippen LogP) is 3.51. The van der Waals surface area contributed by atoms with E-state index in [1.165, 1.54) is 12.1 Å². The van der Waals surface area contributed by atoms with E-state index in [0.717, 1.165) is 12.5 Å². The average Bonchev–Trinajstić information content (AvgIpc) is 2.56. The summed E-state index contributed by atoms with van der Waals surface area (Å²) in [5.74, 6) is 3.65. The highest BCUT2D eigenvalue weighted by Crippen LogP contribution is 2.34. The van der Waals surface area contributed by atoms with Gasteiger partial charge in [0.2, 0.25) is 0 Å². The van der Waals surface area contributed by atoms with Crippen molar-refractivity contribution in [1.82, 2.24) is 9.71 Å². The third-order valence-electron chi connectivity index (χ3n) is 3.72. The zero-order valence-corrected chi connectivity index (χ0v) is 15.5. The van der Waals surface area contributed by atoms with Gasteiger partial charge in [-0.15, -0.1) is 0 Å². The lowest BCUT2D eigenvalue weighted by atomic mass is 10.1. The molecule has 2 atom stereocenters. The second-order valence-electron chi connectivity index (χ2n) is 5.76. The van der Waals surface area contributed by atoms with Gasteiger partial charge in [0.05, 0.1) is 5.52 Å². The van der Waals surface area contributed by atoms with Gasteiger partial charge in [-0.2, -0.15) is 13.2 Å². The molecule has 0 aliphatic carbocycles. The van der Waals surface area contributed by atoms with Gasteiger partial charge in [0.1, 0.15) is 5.69 Å². The van der Waals surface area contributed by atoms with Crippen LogP contribution in [0.5, 0.6) is 0 Å². The number of aromatic nitrogens is 1. The van der Waals surface area contributed by atoms with Gasteiger partial charge in [-0.05, 0) is 43.0 Å². The topological polar surface area (TPSA) is 89.0 Å². The summed E-state index contributed by atoms with van der Waals surface area (Å²) in [5.41, 5.74) is 5.34. The Morgan fingerprint density at radius 2 is 2.04 bits per heavy atom. The van der Waals surface area contributed by atoms with Gasteiger partial charge < -0.3 is 11.1 Å². The minimum atomic E-state index is -4.54. The van der Waals surface area contributed by atoms with E-state index >= 15 is 0 Å². The SMILES string of the molecule is C=S(N)NCCCC(CN)Nc1cc(C(F)(F)F)nc2ccc(Cl)cc12. The number of nitrogens with zero attached hydrogens (tertiary/aromatic N) is 1. The fourth-order valence-corrected chi connectivity index (χ4v) is 3.06. The van der Waals surface area contributed by atoms with Crippen molar-refractivity contribution in [2.45, 2.75) is 25.1 Å². The van der Waals surface area contributed by atoms with Crippen molar-refractivity contribution in [3.8, 4) is 0 Å². The first-order valence-corrected chi connectivity index (χ1v) is 9.70. The smallest absolute Gasteiger partial charge is 0.380 e. The molecule has 0 saturated carbocycles. The minimum Gasteiger partial charge on any atom is -0.380 e. The molecule has 1 aromatic heterocycles. The summed E-state index contributed by atoms with van der Waals surface area (Å²) in [5, 5.41) is 9.58. The monoisotopic (exact) mass is 407 g/mol. The zero-order valence-electron chi connectivity index (χ0n) is 13.9. The summed E-state index contributed by atoms with van der Waals surface area (Å²) in [7, 11) is -0.604. The molecule has 0 saturated heterocycles. The summed E-state index contributed by atoms with van der Waals surface area (Å²) < 4.78 is 42.5. The van der Waals surface area contributed by atoms with Crippen molar-refractivity contribution in [3.63, 3.8) is 0 Å². The standard InChI is InChI=1S/C16H21ClF3N5S/c1-26(22)23-6-2-3-11(9-21)24-14-8-15(16(18,19)20)25-13-5-4-10(17)7-12(13)14/h4-5,7-8,11,23H,1-3,6,9,21-22H2,(H,24,25). The van der Waals surface area contributed by atoms with E-state index in [9.17, 15) is 13.2 Å². The highest BCUT2D eigenvalue weighted by Gasteiger charge is 2.33. The molecule has 0 fully saturated rings. The third kappa shape index (κ3) is 5.82. The van der Waals surface area contributed by atoms with Crippen LogP contribution in [0.3, 0.4) is 0 Å². The highest BCUT2D eigenvalue weighted by molar-refractivity contribution is 8.10. The molecule has 0 amide bonds. The normalized spacial score (nSPS) is 14.4. The first-order valence-electron chi connectivity index (χ1n) is 7.86. The number of halogens is 4. The number of nitrogens with one attached hydrogen (secondary N) is 2. The number of anilines is 1. The Morgan fingerprint density at radius 1 is 1.31 bits per heavy atom. The number of benzene rings is 1. The lowest BCUT2D eigenvalue weighted by Gasteiger charge is -2.21. The van der Waals surface area contributed by atoms with E-state index in [0.29, 0.717) is 29.1 Å². The lowest BCUT2D eigenvalue weighted by Crippen LogP contribution is -2.30. The van der Waals surface area contributed by atoms with E-state index in [2.05, 4.69) is 20.9 Å². The molecular formula is C16H21ClF3N5S. The van der Waals surface area contributed by atoms with Crippen molar-refractivity contribution in [2.24, 2.45) is 10.9 Å². The molecule has 0 aliphatic rings. The van der Waals surface area contributed by atoms with Crippen molar-refractivity contribution < 1.29 is 13.2 Å². The van der Waals surface area contributed by atoms with E-state index < -0.39 is 22.7 Å². The second-order valence-corrected chi connectivity index (χ2v) is 7.34. The molecule has 1 aromatic carbocycles. The van der Waals surface area contributed by atoms with Crippen LogP contribution in [0.1, 0.15) is 18.5 Å². The number of nitrogens with two attached hydrogens (primary N) is 2. The molecule has 6 N–H and O–H groups in total. The van der Waals surface area contributed by atoms with Gasteiger partial charge in [0.15, 0.2) is 0 Å². The Kier molecular flexibility index (Phi) is 7.24. The number of alkyl halides is 3. The molecule has 2 rings (SSSR count). The van der Waals surface area contributed by atoms with Crippen molar-refractivity contribution in [2.75, 3.05) is 18.4 Å². The Hall–Kier alpha value is -1.39. The van der Waals surface area contributed by atoms with Crippen LogP contribution >= 0.6 is 22.5 Å². The average molecular weight is 408 g/mol. The Bertz CT molecular complexity index is 784. The van der Waals surface area contributed by atoms with Crippen LogP contribution in [0.15, 0.2) is 24.3 Å². The Morgan fingerprint density at radius 3 is 2.65 bits per heavy atom. The molecule has 0 radical (unpaired) electrons. The maximum atomic E-state index is 13.2. The maximum absolute atomic E-state index is 13.2. The zero-order chi connectivity index (χ0) is 19.3. The van der Waals surface area contributed by atoms with Crippen LogP contribution in [0.4, 0.5) is 18.9 Å². The summed E-state index contributed by atoms with van der Waals surface area (Å²) in [4.78, 5) is 3.69. The van der Waals surface area contributed by atoms with Gasteiger partial charge >= 0.3 is 6.18 Å². The van der Waals surface area contributed by atoms with Crippen molar-refractivity contribution in [3.05, 3.63) is 35.0 Å². The molecule has 0 spiro atoms. The fraction of sp³-hybridized carbons (Fsp3) is 0.375. The van der Waals surface area contributed by atoms with Gasteiger partial charge in [0.25, 0.3) is 0 Å². The third-order valence-corrected chi connectivity index (χ3v) is 4.53. The molecule has 1 heterocycles. The molecule has 26 heavy (non-hydrogen) atoms. The summed E-state index contributed by atoms with van der Waals surface area (Å²) in [6, 6.07) is 5.36. The van der Waals surface area contributed by atoms with Gasteiger partial charge in [-0.25, -0.2) is 4.98 Å². The molecule has 0 bridgehead atoms. The molecule has 10 heteroatoms. The van der Waals surface area contributed by atoms with Gasteiger partial charge in [-0.3, -0.25) is 9.86 Å². The van der Waals surface area contributed by atoms with Gasteiger partial charge in [0, 0.05) is 35.2 Å². The van der Waals surface area contributed by atoms with Gasteiger partial charge in [-0.1, -0.05) is 22.5 Å². The summed E-state index contributed by atoms with van der Waals surface area (Å²) in [6.45, 7) is 0.919. The first-order chi connectivity index (χ1) is 12.2. The first kappa shape index (κ1) is 20.9. The van der Waals surface area contributed by atoms with Crippen LogP contribution in [0, 0.1) is 0 Å². The van der Waals surface area contributed by atoms with E-state index in [1.54, 1.807) is 6.07 Å².